The molecule has 0 fully saturated rings. The summed E-state index contributed by atoms with van der Waals surface area (Å²) in [7, 11) is 0. The SMILES string of the molecule is CC(=CC(C)C)C(N)=O.NN. The third-order valence-corrected chi connectivity index (χ3v) is 0.972. The van der Waals surface area contributed by atoms with E-state index in [4.69, 9.17) is 5.73 Å². The fourth-order valence-electron chi connectivity index (χ4n) is 0.582. The molecule has 0 atom stereocenters. The molecule has 4 heteroatoms. The molecule has 0 saturated carbocycles. The third-order valence-electron chi connectivity index (χ3n) is 0.972. The Labute approximate surface area is 67.4 Å². The lowest BCUT2D eigenvalue weighted by atomic mass is 10.1. The maximum atomic E-state index is 10.4. The second-order valence-corrected chi connectivity index (χ2v) is 2.46. The van der Waals surface area contributed by atoms with Gasteiger partial charge in [-0.05, 0) is 12.8 Å². The average Bonchev–Trinajstić information content (AvgIpc) is 1.90. The second kappa shape index (κ2) is 7.24. The van der Waals surface area contributed by atoms with Gasteiger partial charge < -0.3 is 5.73 Å². The number of hydrogen-bond acceptors (Lipinski definition) is 3. The van der Waals surface area contributed by atoms with E-state index >= 15 is 0 Å². The molecule has 0 aromatic carbocycles. The smallest absolute Gasteiger partial charge is 0.244 e. The lowest BCUT2D eigenvalue weighted by Gasteiger charge is -1.96. The second-order valence-electron chi connectivity index (χ2n) is 2.46. The fraction of sp³-hybridized carbons (Fsp3) is 0.571. The molecule has 4 nitrogen and oxygen atoms in total. The Hall–Kier alpha value is -0.870. The molecule has 66 valence electrons. The monoisotopic (exact) mass is 159 g/mol. The number of primary amides is 1. The van der Waals surface area contributed by atoms with Gasteiger partial charge in [0.25, 0.3) is 0 Å². The molecule has 0 aliphatic rings. The summed E-state index contributed by atoms with van der Waals surface area (Å²) in [6, 6.07) is 0. The number of rotatable bonds is 2. The van der Waals surface area contributed by atoms with Crippen LogP contribution in [0.4, 0.5) is 0 Å². The molecule has 1 amide bonds. The number of amides is 1. The van der Waals surface area contributed by atoms with Crippen LogP contribution in [-0.4, -0.2) is 5.91 Å². The van der Waals surface area contributed by atoms with Crippen molar-refractivity contribution in [2.24, 2.45) is 23.3 Å². The molecule has 0 aromatic rings. The zero-order valence-corrected chi connectivity index (χ0v) is 7.29. The van der Waals surface area contributed by atoms with E-state index in [9.17, 15) is 4.79 Å². The van der Waals surface area contributed by atoms with Crippen LogP contribution in [0.3, 0.4) is 0 Å². The molecule has 0 aromatic heterocycles. The Kier molecular flexibility index (Phi) is 8.41. The van der Waals surface area contributed by atoms with Crippen molar-refractivity contribution in [1.29, 1.82) is 0 Å². The van der Waals surface area contributed by atoms with Gasteiger partial charge in [0.1, 0.15) is 0 Å². The highest BCUT2D eigenvalue weighted by molar-refractivity contribution is 5.91. The number of nitrogens with two attached hydrogens (primary N) is 3. The van der Waals surface area contributed by atoms with Crippen molar-refractivity contribution >= 4 is 5.91 Å². The van der Waals surface area contributed by atoms with E-state index in [-0.39, 0.29) is 5.91 Å². The molecule has 6 N–H and O–H groups in total. The van der Waals surface area contributed by atoms with Gasteiger partial charge in [-0.2, -0.15) is 0 Å². The number of hydrogen-bond donors (Lipinski definition) is 3. The van der Waals surface area contributed by atoms with Crippen molar-refractivity contribution in [3.05, 3.63) is 11.6 Å². The van der Waals surface area contributed by atoms with Gasteiger partial charge in [-0.25, -0.2) is 0 Å². The molecule has 11 heavy (non-hydrogen) atoms. The quantitative estimate of drug-likeness (QED) is 0.298. The minimum absolute atomic E-state index is 0.330. The first-order valence-electron chi connectivity index (χ1n) is 3.35. The topological polar surface area (TPSA) is 95.1 Å². The number of carbonyl (C=O) groups excluding carboxylic acids is 1. The van der Waals surface area contributed by atoms with E-state index < -0.39 is 0 Å². The van der Waals surface area contributed by atoms with Crippen LogP contribution in [0.25, 0.3) is 0 Å². The van der Waals surface area contributed by atoms with Gasteiger partial charge in [0.15, 0.2) is 0 Å². The number of allylic oxidation sites excluding steroid dienone is 1. The summed E-state index contributed by atoms with van der Waals surface area (Å²) in [5, 5.41) is 0. The maximum absolute atomic E-state index is 10.4. The highest BCUT2D eigenvalue weighted by Crippen LogP contribution is 1.99. The Morgan fingerprint density at radius 3 is 1.82 bits per heavy atom. The van der Waals surface area contributed by atoms with Gasteiger partial charge in [-0.3, -0.25) is 16.5 Å². The minimum atomic E-state index is -0.330. The highest BCUT2D eigenvalue weighted by atomic mass is 16.1. The zero-order chi connectivity index (χ0) is 9.44. The summed E-state index contributed by atoms with van der Waals surface area (Å²) in [5.74, 6) is 8.07. The lowest BCUT2D eigenvalue weighted by Crippen LogP contribution is -2.12. The predicted molar refractivity (Wildman–Crippen MR) is 46.2 cm³/mol. The normalized spacial score (nSPS) is 10.5. The lowest BCUT2D eigenvalue weighted by molar-refractivity contribution is -0.114. The predicted octanol–water partition coefficient (Wildman–Crippen LogP) is -0.107. The fourth-order valence-corrected chi connectivity index (χ4v) is 0.582. The Morgan fingerprint density at radius 2 is 1.73 bits per heavy atom. The molecule has 0 bridgehead atoms. The molecule has 0 aliphatic carbocycles. The van der Waals surface area contributed by atoms with Crippen LogP contribution in [0, 0.1) is 5.92 Å². The van der Waals surface area contributed by atoms with Crippen LogP contribution in [-0.2, 0) is 4.79 Å². The summed E-state index contributed by atoms with van der Waals surface area (Å²) < 4.78 is 0. The maximum Gasteiger partial charge on any atom is 0.244 e. The molecular weight excluding hydrogens is 142 g/mol. The highest BCUT2D eigenvalue weighted by Gasteiger charge is 1.96. The standard InChI is InChI=1S/C7H13NO.H4N2/c1-5(2)4-6(3)7(8)9;1-2/h4-5H,1-3H3,(H2,8,9);1-2H2. The van der Waals surface area contributed by atoms with Crippen molar-refractivity contribution in [2.75, 3.05) is 0 Å². The first kappa shape index (κ1) is 12.8. The van der Waals surface area contributed by atoms with Gasteiger partial charge in [0, 0.05) is 5.57 Å². The average molecular weight is 159 g/mol. The van der Waals surface area contributed by atoms with Crippen molar-refractivity contribution in [1.82, 2.24) is 0 Å². The van der Waals surface area contributed by atoms with Gasteiger partial charge in [-0.15, -0.1) is 0 Å². The molecule has 0 saturated heterocycles. The molecule has 0 heterocycles. The van der Waals surface area contributed by atoms with Crippen molar-refractivity contribution in [3.63, 3.8) is 0 Å². The van der Waals surface area contributed by atoms with Crippen LogP contribution in [0.1, 0.15) is 20.8 Å². The minimum Gasteiger partial charge on any atom is -0.366 e. The first-order valence-corrected chi connectivity index (χ1v) is 3.35. The molecule has 0 radical (unpaired) electrons. The van der Waals surface area contributed by atoms with Crippen LogP contribution in [0.15, 0.2) is 11.6 Å². The van der Waals surface area contributed by atoms with Crippen molar-refractivity contribution in [3.8, 4) is 0 Å². The van der Waals surface area contributed by atoms with Crippen LogP contribution < -0.4 is 17.4 Å². The number of hydrazine groups is 1. The van der Waals surface area contributed by atoms with E-state index in [0.717, 1.165) is 0 Å². The summed E-state index contributed by atoms with van der Waals surface area (Å²) in [4.78, 5) is 10.4. The summed E-state index contributed by atoms with van der Waals surface area (Å²) >= 11 is 0. The van der Waals surface area contributed by atoms with Crippen LogP contribution in [0.5, 0.6) is 0 Å². The van der Waals surface area contributed by atoms with Crippen LogP contribution >= 0.6 is 0 Å². The zero-order valence-electron chi connectivity index (χ0n) is 7.29. The molecule has 0 unspecified atom stereocenters. The van der Waals surface area contributed by atoms with E-state index in [1.54, 1.807) is 6.92 Å². The molecule has 0 spiro atoms. The third kappa shape index (κ3) is 9.13. The van der Waals surface area contributed by atoms with E-state index in [1.165, 1.54) is 0 Å². The first-order chi connectivity index (χ1) is 5.04. The van der Waals surface area contributed by atoms with Gasteiger partial charge in [0.2, 0.25) is 5.91 Å². The summed E-state index contributed by atoms with van der Waals surface area (Å²) in [6.07, 6.45) is 1.85. The van der Waals surface area contributed by atoms with E-state index in [2.05, 4.69) is 11.7 Å². The van der Waals surface area contributed by atoms with E-state index in [0.29, 0.717) is 11.5 Å². The largest absolute Gasteiger partial charge is 0.366 e. The van der Waals surface area contributed by atoms with Crippen LogP contribution in [0.2, 0.25) is 0 Å². The Balaban J connectivity index is 0. The Morgan fingerprint density at radius 1 is 1.36 bits per heavy atom. The van der Waals surface area contributed by atoms with E-state index in [1.807, 2.05) is 19.9 Å². The van der Waals surface area contributed by atoms with Gasteiger partial charge in [-0.1, -0.05) is 19.9 Å². The van der Waals surface area contributed by atoms with Gasteiger partial charge in [0.05, 0.1) is 0 Å². The summed E-state index contributed by atoms with van der Waals surface area (Å²) in [6.45, 7) is 5.74. The van der Waals surface area contributed by atoms with Crippen molar-refractivity contribution < 1.29 is 4.79 Å². The number of carbonyl (C=O) groups is 1. The van der Waals surface area contributed by atoms with Gasteiger partial charge >= 0.3 is 0 Å². The molecule has 0 aliphatic heterocycles. The molecule has 0 rings (SSSR count). The Bertz CT molecular complexity index is 141. The van der Waals surface area contributed by atoms with Crippen molar-refractivity contribution in [2.45, 2.75) is 20.8 Å². The molecular formula is C7H17N3O. The summed E-state index contributed by atoms with van der Waals surface area (Å²) in [5.41, 5.74) is 5.62.